The fourth-order valence-electron chi connectivity index (χ4n) is 2.03. The van der Waals surface area contributed by atoms with Crippen molar-refractivity contribution in [2.45, 2.75) is 6.42 Å². The summed E-state index contributed by atoms with van der Waals surface area (Å²) in [6.07, 6.45) is 0.737. The Morgan fingerprint density at radius 3 is 2.56 bits per heavy atom. The highest BCUT2D eigenvalue weighted by atomic mass is 35.5. The number of fused-ring (bicyclic) bond motifs is 1. The first kappa shape index (κ1) is 11.6. The number of hydrogen-bond acceptors (Lipinski definition) is 1. The minimum absolute atomic E-state index is 0.555. The molecule has 0 atom stereocenters. The van der Waals surface area contributed by atoms with E-state index in [0.717, 1.165) is 23.0 Å². The highest BCUT2D eigenvalue weighted by Gasteiger charge is 2.12. The van der Waals surface area contributed by atoms with E-state index >= 15 is 0 Å². The Kier molecular flexibility index (Phi) is 2.98. The molecular weight excluding hydrogens is 267 g/mol. The molecule has 4 heteroatoms. The van der Waals surface area contributed by atoms with Crippen molar-refractivity contribution in [1.82, 2.24) is 10.2 Å². The van der Waals surface area contributed by atoms with Crippen LogP contribution in [0.1, 0.15) is 11.3 Å². The Bertz CT molecular complexity index is 690. The van der Waals surface area contributed by atoms with Crippen LogP contribution in [0.3, 0.4) is 0 Å². The van der Waals surface area contributed by atoms with E-state index in [-0.39, 0.29) is 0 Å². The third-order valence-corrected chi connectivity index (χ3v) is 3.71. The fourth-order valence-corrected chi connectivity index (χ4v) is 2.46. The van der Waals surface area contributed by atoms with Gasteiger partial charge in [-0.25, -0.2) is 0 Å². The molecule has 0 saturated heterocycles. The number of nitrogens with one attached hydrogen (secondary N) is 1. The highest BCUT2D eigenvalue weighted by molar-refractivity contribution is 6.45. The Labute approximate surface area is 115 Å². The second-order valence-corrected chi connectivity index (χ2v) is 4.90. The zero-order valence-electron chi connectivity index (χ0n) is 9.45. The number of benzene rings is 2. The van der Waals surface area contributed by atoms with Gasteiger partial charge < -0.3 is 0 Å². The third kappa shape index (κ3) is 1.98. The number of nitrogens with zero attached hydrogens (tertiary/aromatic N) is 1. The molecule has 0 aliphatic carbocycles. The SMILES string of the molecule is Clc1ccc2[nH]nc(Cc3ccccc3)c2c1Cl. The Morgan fingerprint density at radius 2 is 1.78 bits per heavy atom. The van der Waals surface area contributed by atoms with Crippen LogP contribution in [0.2, 0.25) is 10.0 Å². The Hall–Kier alpha value is -1.51. The van der Waals surface area contributed by atoms with Gasteiger partial charge in [-0.1, -0.05) is 53.5 Å². The molecule has 0 spiro atoms. The molecule has 3 aromatic rings. The van der Waals surface area contributed by atoms with E-state index in [1.807, 2.05) is 24.3 Å². The molecule has 0 bridgehead atoms. The van der Waals surface area contributed by atoms with E-state index in [4.69, 9.17) is 23.2 Å². The van der Waals surface area contributed by atoms with E-state index in [9.17, 15) is 0 Å². The van der Waals surface area contributed by atoms with Gasteiger partial charge in [0.1, 0.15) is 0 Å². The maximum absolute atomic E-state index is 6.25. The van der Waals surface area contributed by atoms with Gasteiger partial charge in [0.2, 0.25) is 0 Å². The average Bonchev–Trinajstić information content (AvgIpc) is 2.79. The molecule has 18 heavy (non-hydrogen) atoms. The molecule has 90 valence electrons. The molecule has 2 nitrogen and oxygen atoms in total. The average molecular weight is 277 g/mol. The van der Waals surface area contributed by atoms with Crippen LogP contribution in [0.5, 0.6) is 0 Å². The minimum Gasteiger partial charge on any atom is -0.277 e. The first-order valence-corrected chi connectivity index (χ1v) is 6.36. The summed E-state index contributed by atoms with van der Waals surface area (Å²) in [6, 6.07) is 13.8. The van der Waals surface area contributed by atoms with Crippen molar-refractivity contribution < 1.29 is 0 Å². The lowest BCUT2D eigenvalue weighted by Crippen LogP contribution is -1.89. The van der Waals surface area contributed by atoms with Crippen molar-refractivity contribution in [2.75, 3.05) is 0 Å². The van der Waals surface area contributed by atoms with E-state index in [1.165, 1.54) is 5.56 Å². The number of rotatable bonds is 2. The predicted octanol–water partition coefficient (Wildman–Crippen LogP) is 4.46. The molecular formula is C14H10Cl2N2. The summed E-state index contributed by atoms with van der Waals surface area (Å²) in [5, 5.41) is 9.34. The van der Waals surface area contributed by atoms with E-state index in [1.54, 1.807) is 6.07 Å². The fraction of sp³-hybridized carbons (Fsp3) is 0.0714. The summed E-state index contributed by atoms with van der Waals surface area (Å²) in [7, 11) is 0. The van der Waals surface area contributed by atoms with Crippen LogP contribution in [0.25, 0.3) is 10.9 Å². The summed E-state index contributed by atoms with van der Waals surface area (Å²) in [6.45, 7) is 0. The van der Waals surface area contributed by atoms with E-state index < -0.39 is 0 Å². The summed E-state index contributed by atoms with van der Waals surface area (Å²) < 4.78 is 0. The van der Waals surface area contributed by atoms with Gasteiger partial charge in [0, 0.05) is 11.8 Å². The van der Waals surface area contributed by atoms with Gasteiger partial charge in [-0.05, 0) is 17.7 Å². The standard InChI is InChI=1S/C14H10Cl2N2/c15-10-6-7-11-13(14(10)16)12(18-17-11)8-9-4-2-1-3-5-9/h1-7H,8H2,(H,17,18). The molecule has 3 rings (SSSR count). The van der Waals surface area contributed by atoms with Crippen molar-refractivity contribution >= 4 is 34.1 Å². The third-order valence-electron chi connectivity index (χ3n) is 2.91. The molecule has 1 heterocycles. The normalized spacial score (nSPS) is 11.0. The maximum atomic E-state index is 6.25. The topological polar surface area (TPSA) is 28.7 Å². The molecule has 2 aromatic carbocycles. The summed E-state index contributed by atoms with van der Waals surface area (Å²) in [4.78, 5) is 0. The zero-order valence-corrected chi connectivity index (χ0v) is 11.0. The minimum atomic E-state index is 0.555. The first-order valence-electron chi connectivity index (χ1n) is 5.60. The summed E-state index contributed by atoms with van der Waals surface area (Å²) in [5.41, 5.74) is 3.03. The van der Waals surface area contributed by atoms with Crippen LogP contribution < -0.4 is 0 Å². The molecule has 0 saturated carbocycles. The van der Waals surface area contributed by atoms with Gasteiger partial charge in [-0.2, -0.15) is 5.10 Å². The highest BCUT2D eigenvalue weighted by Crippen LogP contribution is 2.32. The largest absolute Gasteiger partial charge is 0.277 e. The second-order valence-electron chi connectivity index (χ2n) is 4.12. The van der Waals surface area contributed by atoms with Gasteiger partial charge in [-0.3, -0.25) is 5.10 Å². The smallest absolute Gasteiger partial charge is 0.0760 e. The second kappa shape index (κ2) is 4.63. The summed E-state index contributed by atoms with van der Waals surface area (Å²) >= 11 is 12.3. The maximum Gasteiger partial charge on any atom is 0.0760 e. The van der Waals surface area contributed by atoms with E-state index in [0.29, 0.717) is 10.0 Å². The van der Waals surface area contributed by atoms with Crippen LogP contribution in [0, 0.1) is 0 Å². The van der Waals surface area contributed by atoms with Crippen molar-refractivity contribution in [3.05, 3.63) is 63.8 Å². The lowest BCUT2D eigenvalue weighted by atomic mass is 10.1. The van der Waals surface area contributed by atoms with E-state index in [2.05, 4.69) is 22.3 Å². The number of aromatic amines is 1. The lowest BCUT2D eigenvalue weighted by molar-refractivity contribution is 1.01. The predicted molar refractivity (Wildman–Crippen MR) is 75.4 cm³/mol. The quantitative estimate of drug-likeness (QED) is 0.736. The molecule has 1 N–H and O–H groups in total. The summed E-state index contributed by atoms with van der Waals surface area (Å²) in [5.74, 6) is 0. The van der Waals surface area contributed by atoms with Gasteiger partial charge >= 0.3 is 0 Å². The van der Waals surface area contributed by atoms with Gasteiger partial charge in [0.05, 0.1) is 21.3 Å². The molecule has 1 aromatic heterocycles. The number of aromatic nitrogens is 2. The Balaban J connectivity index is 2.10. The van der Waals surface area contributed by atoms with Crippen LogP contribution in [-0.4, -0.2) is 10.2 Å². The molecule has 0 aliphatic rings. The first-order chi connectivity index (χ1) is 8.75. The van der Waals surface area contributed by atoms with Crippen molar-refractivity contribution in [3.63, 3.8) is 0 Å². The van der Waals surface area contributed by atoms with Crippen molar-refractivity contribution in [1.29, 1.82) is 0 Å². The number of hydrogen-bond donors (Lipinski definition) is 1. The van der Waals surface area contributed by atoms with Crippen LogP contribution in [-0.2, 0) is 6.42 Å². The molecule has 0 amide bonds. The van der Waals surface area contributed by atoms with Crippen LogP contribution in [0.15, 0.2) is 42.5 Å². The molecule has 0 unspecified atom stereocenters. The van der Waals surface area contributed by atoms with Crippen molar-refractivity contribution in [3.8, 4) is 0 Å². The molecule has 0 aliphatic heterocycles. The van der Waals surface area contributed by atoms with Crippen LogP contribution >= 0.6 is 23.2 Å². The van der Waals surface area contributed by atoms with Crippen LogP contribution in [0.4, 0.5) is 0 Å². The van der Waals surface area contributed by atoms with Gasteiger partial charge in [-0.15, -0.1) is 0 Å². The zero-order chi connectivity index (χ0) is 12.5. The lowest BCUT2D eigenvalue weighted by Gasteiger charge is -2.01. The van der Waals surface area contributed by atoms with Gasteiger partial charge in [0.15, 0.2) is 0 Å². The monoisotopic (exact) mass is 276 g/mol. The molecule has 0 fully saturated rings. The van der Waals surface area contributed by atoms with Gasteiger partial charge in [0.25, 0.3) is 0 Å². The molecule has 0 radical (unpaired) electrons. The Morgan fingerprint density at radius 1 is 1.00 bits per heavy atom. The van der Waals surface area contributed by atoms with Crippen molar-refractivity contribution in [2.24, 2.45) is 0 Å². The number of halogens is 2. The number of H-pyrrole nitrogens is 1.